The summed E-state index contributed by atoms with van der Waals surface area (Å²) >= 11 is 0. The second kappa shape index (κ2) is 6.40. The largest absolute Gasteiger partial charge is 0.213 e. The van der Waals surface area contributed by atoms with E-state index in [0.717, 1.165) is 28.6 Å². The standard InChI is InChI=1S/C22H23N3/c1-14-8-7-11-18-13-19(12-15(2)20(14)18)22-24-16(3)23-21(25-22)17-9-5-4-6-10-17/h4-7,9-15,20H,8H2,1-3H3. The summed E-state index contributed by atoms with van der Waals surface area (Å²) in [5.41, 5.74) is 3.54. The second-order valence-corrected chi connectivity index (χ2v) is 7.16. The van der Waals surface area contributed by atoms with E-state index in [2.05, 4.69) is 48.1 Å². The molecule has 3 nitrogen and oxygen atoms in total. The van der Waals surface area contributed by atoms with Crippen molar-refractivity contribution >= 4 is 5.57 Å². The van der Waals surface area contributed by atoms with Crippen LogP contribution in [0.2, 0.25) is 0 Å². The van der Waals surface area contributed by atoms with Crippen LogP contribution in [0, 0.1) is 24.7 Å². The van der Waals surface area contributed by atoms with Crippen molar-refractivity contribution in [1.82, 2.24) is 15.0 Å². The molecule has 0 spiro atoms. The zero-order valence-electron chi connectivity index (χ0n) is 15.0. The smallest absolute Gasteiger partial charge is 0.163 e. The van der Waals surface area contributed by atoms with Gasteiger partial charge in [-0.05, 0) is 42.7 Å². The second-order valence-electron chi connectivity index (χ2n) is 7.16. The van der Waals surface area contributed by atoms with Gasteiger partial charge in [0.15, 0.2) is 11.6 Å². The molecular formula is C22H23N3. The Kier molecular flexibility index (Phi) is 4.08. The molecule has 0 N–H and O–H groups in total. The van der Waals surface area contributed by atoms with Crippen LogP contribution in [0.15, 0.2) is 60.2 Å². The van der Waals surface area contributed by atoms with Crippen molar-refractivity contribution in [2.45, 2.75) is 27.2 Å². The van der Waals surface area contributed by atoms with Crippen LogP contribution in [0.3, 0.4) is 0 Å². The minimum Gasteiger partial charge on any atom is -0.213 e. The third-order valence-electron chi connectivity index (χ3n) is 5.18. The van der Waals surface area contributed by atoms with E-state index in [4.69, 9.17) is 4.98 Å². The summed E-state index contributed by atoms with van der Waals surface area (Å²) in [4.78, 5) is 13.9. The molecule has 3 unspecified atom stereocenters. The number of aromatic nitrogens is 3. The molecule has 25 heavy (non-hydrogen) atoms. The van der Waals surface area contributed by atoms with Crippen molar-refractivity contribution in [3.8, 4) is 11.4 Å². The molecule has 126 valence electrons. The fourth-order valence-corrected chi connectivity index (χ4v) is 4.05. The summed E-state index contributed by atoms with van der Waals surface area (Å²) in [5, 5.41) is 0. The maximum absolute atomic E-state index is 4.76. The van der Waals surface area contributed by atoms with Gasteiger partial charge in [-0.25, -0.2) is 15.0 Å². The summed E-state index contributed by atoms with van der Waals surface area (Å²) < 4.78 is 0. The van der Waals surface area contributed by atoms with Crippen LogP contribution in [0.1, 0.15) is 31.9 Å². The number of hydrogen-bond acceptors (Lipinski definition) is 3. The monoisotopic (exact) mass is 329 g/mol. The average molecular weight is 329 g/mol. The summed E-state index contributed by atoms with van der Waals surface area (Å²) in [5.74, 6) is 4.05. The Bertz CT molecular complexity index is 877. The number of rotatable bonds is 2. The molecule has 0 radical (unpaired) electrons. The Labute approximate surface area is 149 Å². The Balaban J connectivity index is 1.77. The van der Waals surface area contributed by atoms with E-state index in [-0.39, 0.29) is 0 Å². The number of fused-ring (bicyclic) bond motifs is 1. The maximum atomic E-state index is 4.76. The van der Waals surface area contributed by atoms with Gasteiger partial charge in [-0.2, -0.15) is 0 Å². The highest BCUT2D eigenvalue weighted by Crippen LogP contribution is 2.41. The van der Waals surface area contributed by atoms with E-state index in [1.165, 1.54) is 12.0 Å². The van der Waals surface area contributed by atoms with Crippen molar-refractivity contribution in [1.29, 1.82) is 0 Å². The quantitative estimate of drug-likeness (QED) is 0.776. The van der Waals surface area contributed by atoms with Crippen LogP contribution in [0.25, 0.3) is 17.0 Å². The van der Waals surface area contributed by atoms with E-state index in [0.29, 0.717) is 17.8 Å². The lowest BCUT2D eigenvalue weighted by Gasteiger charge is -2.34. The zero-order valence-corrected chi connectivity index (χ0v) is 15.0. The first-order valence-electron chi connectivity index (χ1n) is 9.00. The molecule has 3 heteroatoms. The zero-order chi connectivity index (χ0) is 17.4. The van der Waals surface area contributed by atoms with Crippen LogP contribution in [0.4, 0.5) is 0 Å². The van der Waals surface area contributed by atoms with Gasteiger partial charge in [-0.1, -0.05) is 62.4 Å². The number of allylic oxidation sites excluding steroid dienone is 6. The van der Waals surface area contributed by atoms with Crippen molar-refractivity contribution in [2.24, 2.45) is 17.8 Å². The van der Waals surface area contributed by atoms with Crippen LogP contribution in [-0.2, 0) is 0 Å². The fraction of sp³-hybridized carbons (Fsp3) is 0.318. The maximum Gasteiger partial charge on any atom is 0.163 e. The normalized spacial score (nSPS) is 25.2. The predicted octanol–water partition coefficient (Wildman–Crippen LogP) is 5.02. The van der Waals surface area contributed by atoms with Crippen molar-refractivity contribution in [3.05, 3.63) is 71.9 Å². The minimum absolute atomic E-state index is 0.493. The molecule has 1 aromatic carbocycles. The van der Waals surface area contributed by atoms with Crippen LogP contribution in [0.5, 0.6) is 0 Å². The van der Waals surface area contributed by atoms with Gasteiger partial charge in [-0.15, -0.1) is 0 Å². The number of benzene rings is 1. The lowest BCUT2D eigenvalue weighted by atomic mass is 9.70. The van der Waals surface area contributed by atoms with Crippen molar-refractivity contribution < 1.29 is 0 Å². The molecule has 1 aromatic heterocycles. The molecule has 2 aliphatic rings. The summed E-state index contributed by atoms with van der Waals surface area (Å²) in [6.07, 6.45) is 10.3. The SMILES string of the molecule is Cc1nc(C2=CC(C)C3C(=C2)C=CCC3C)nc(-c2ccccc2)n1. The summed E-state index contributed by atoms with van der Waals surface area (Å²) in [7, 11) is 0. The van der Waals surface area contributed by atoms with Gasteiger partial charge in [0.2, 0.25) is 0 Å². The number of aryl methyl sites for hydroxylation is 1. The first-order chi connectivity index (χ1) is 12.1. The average Bonchev–Trinajstić information content (AvgIpc) is 2.61. The van der Waals surface area contributed by atoms with Gasteiger partial charge in [0.25, 0.3) is 0 Å². The van der Waals surface area contributed by atoms with Gasteiger partial charge in [-0.3, -0.25) is 0 Å². The van der Waals surface area contributed by atoms with Crippen LogP contribution < -0.4 is 0 Å². The Morgan fingerprint density at radius 2 is 1.72 bits per heavy atom. The van der Waals surface area contributed by atoms with E-state index < -0.39 is 0 Å². The molecular weight excluding hydrogens is 306 g/mol. The van der Waals surface area contributed by atoms with E-state index in [1.807, 2.05) is 37.3 Å². The molecule has 2 aromatic rings. The highest BCUT2D eigenvalue weighted by molar-refractivity contribution is 5.74. The van der Waals surface area contributed by atoms with Crippen LogP contribution >= 0.6 is 0 Å². The van der Waals surface area contributed by atoms with Gasteiger partial charge in [0.05, 0.1) is 0 Å². The van der Waals surface area contributed by atoms with E-state index >= 15 is 0 Å². The van der Waals surface area contributed by atoms with Crippen molar-refractivity contribution in [2.75, 3.05) is 0 Å². The van der Waals surface area contributed by atoms with Crippen LogP contribution in [-0.4, -0.2) is 15.0 Å². The molecule has 0 bridgehead atoms. The Morgan fingerprint density at radius 1 is 0.960 bits per heavy atom. The lowest BCUT2D eigenvalue weighted by Crippen LogP contribution is -2.25. The molecule has 0 saturated heterocycles. The topological polar surface area (TPSA) is 38.7 Å². The molecule has 1 heterocycles. The van der Waals surface area contributed by atoms with Gasteiger partial charge >= 0.3 is 0 Å². The lowest BCUT2D eigenvalue weighted by molar-refractivity contribution is 0.338. The molecule has 4 rings (SSSR count). The fourth-order valence-electron chi connectivity index (χ4n) is 4.05. The highest BCUT2D eigenvalue weighted by atomic mass is 15.0. The van der Waals surface area contributed by atoms with Gasteiger partial charge < -0.3 is 0 Å². The van der Waals surface area contributed by atoms with E-state index in [1.54, 1.807) is 0 Å². The summed E-state index contributed by atoms with van der Waals surface area (Å²) in [6, 6.07) is 10.1. The number of hydrogen-bond donors (Lipinski definition) is 0. The Hall–Kier alpha value is -2.55. The highest BCUT2D eigenvalue weighted by Gasteiger charge is 2.30. The molecule has 0 amide bonds. The number of nitrogens with zero attached hydrogens (tertiary/aromatic N) is 3. The first-order valence-corrected chi connectivity index (χ1v) is 9.00. The third-order valence-corrected chi connectivity index (χ3v) is 5.18. The minimum atomic E-state index is 0.493. The molecule has 0 fully saturated rings. The van der Waals surface area contributed by atoms with Gasteiger partial charge in [0, 0.05) is 11.1 Å². The molecule has 2 aliphatic carbocycles. The first kappa shape index (κ1) is 15.9. The van der Waals surface area contributed by atoms with Gasteiger partial charge in [0.1, 0.15) is 5.82 Å². The predicted molar refractivity (Wildman–Crippen MR) is 102 cm³/mol. The molecule has 0 saturated carbocycles. The third kappa shape index (κ3) is 3.07. The Morgan fingerprint density at radius 3 is 2.52 bits per heavy atom. The molecule has 0 aliphatic heterocycles. The van der Waals surface area contributed by atoms with Crippen molar-refractivity contribution in [3.63, 3.8) is 0 Å². The summed E-state index contributed by atoms with van der Waals surface area (Å²) in [6.45, 7) is 6.58. The molecule has 3 atom stereocenters. The van der Waals surface area contributed by atoms with E-state index in [9.17, 15) is 0 Å².